The van der Waals surface area contributed by atoms with E-state index >= 15 is 0 Å². The van der Waals surface area contributed by atoms with E-state index in [1.165, 1.54) is 0 Å². The first-order valence-electron chi connectivity index (χ1n) is 10.6. The van der Waals surface area contributed by atoms with Gasteiger partial charge in [-0.25, -0.2) is 4.98 Å². The summed E-state index contributed by atoms with van der Waals surface area (Å²) in [6.07, 6.45) is -4.35. The zero-order chi connectivity index (χ0) is 23.3. The van der Waals surface area contributed by atoms with Crippen molar-refractivity contribution in [2.24, 2.45) is 0 Å². The Hall–Kier alpha value is -2.75. The number of benzene rings is 2. The lowest BCUT2D eigenvalue weighted by molar-refractivity contribution is -0.176. The fourth-order valence-electron chi connectivity index (χ4n) is 3.64. The maximum absolute atomic E-state index is 12.8. The summed E-state index contributed by atoms with van der Waals surface area (Å²) < 4.78 is 41.2. The van der Waals surface area contributed by atoms with E-state index in [1.54, 1.807) is 35.6 Å². The van der Waals surface area contributed by atoms with Gasteiger partial charge in [0.25, 0.3) is 5.91 Å². The number of hydrogen-bond acceptors (Lipinski definition) is 5. The number of nitrogens with zero attached hydrogens (tertiary/aromatic N) is 3. The van der Waals surface area contributed by atoms with Crippen LogP contribution in [0.2, 0.25) is 0 Å². The Labute approximate surface area is 194 Å². The number of halogens is 3. The monoisotopic (exact) mass is 475 g/mol. The highest BCUT2D eigenvalue weighted by atomic mass is 32.1. The first kappa shape index (κ1) is 23.4. The minimum absolute atomic E-state index is 0.0718. The first-order chi connectivity index (χ1) is 15.9. The highest BCUT2D eigenvalue weighted by molar-refractivity contribution is 7.13. The molecule has 33 heavy (non-hydrogen) atoms. The maximum atomic E-state index is 12.8. The van der Waals surface area contributed by atoms with Crippen molar-refractivity contribution in [3.63, 3.8) is 0 Å². The molecule has 174 valence electrons. The van der Waals surface area contributed by atoms with Crippen molar-refractivity contribution in [3.8, 4) is 10.6 Å². The SMILES string of the molecule is O=C(c1ccc(COCC(F)(F)F)cc1)N1CCN(Cc2csc(-c3ccccc3)n2)CC1. The van der Waals surface area contributed by atoms with Gasteiger partial charge in [-0.3, -0.25) is 9.69 Å². The van der Waals surface area contributed by atoms with Crippen LogP contribution >= 0.6 is 11.3 Å². The van der Waals surface area contributed by atoms with Crippen LogP contribution in [0.5, 0.6) is 0 Å². The van der Waals surface area contributed by atoms with Gasteiger partial charge in [-0.15, -0.1) is 11.3 Å². The van der Waals surface area contributed by atoms with E-state index in [4.69, 9.17) is 4.98 Å². The summed E-state index contributed by atoms with van der Waals surface area (Å²) in [7, 11) is 0. The van der Waals surface area contributed by atoms with Crippen LogP contribution < -0.4 is 0 Å². The predicted molar refractivity (Wildman–Crippen MR) is 121 cm³/mol. The van der Waals surface area contributed by atoms with Crippen molar-refractivity contribution in [1.82, 2.24) is 14.8 Å². The number of amides is 1. The number of rotatable bonds is 7. The third kappa shape index (κ3) is 6.63. The van der Waals surface area contributed by atoms with E-state index in [0.29, 0.717) is 24.2 Å². The van der Waals surface area contributed by atoms with Gasteiger partial charge < -0.3 is 9.64 Å². The van der Waals surface area contributed by atoms with Crippen LogP contribution in [0.1, 0.15) is 21.6 Å². The highest BCUT2D eigenvalue weighted by Crippen LogP contribution is 2.24. The van der Waals surface area contributed by atoms with Gasteiger partial charge in [0, 0.05) is 49.2 Å². The van der Waals surface area contributed by atoms with Crippen LogP contribution in [0.25, 0.3) is 10.6 Å². The fraction of sp³-hybridized carbons (Fsp3) is 0.333. The van der Waals surface area contributed by atoms with Crippen molar-refractivity contribution in [2.75, 3.05) is 32.8 Å². The maximum Gasteiger partial charge on any atom is 0.411 e. The zero-order valence-corrected chi connectivity index (χ0v) is 18.7. The summed E-state index contributed by atoms with van der Waals surface area (Å²) in [4.78, 5) is 21.6. The average Bonchev–Trinajstić information content (AvgIpc) is 3.28. The second-order valence-corrected chi connectivity index (χ2v) is 8.74. The van der Waals surface area contributed by atoms with Crippen LogP contribution in [-0.2, 0) is 17.9 Å². The van der Waals surface area contributed by atoms with Crippen LogP contribution in [0, 0.1) is 0 Å². The molecule has 0 unspecified atom stereocenters. The number of carbonyl (C=O) groups excluding carboxylic acids is 1. The van der Waals surface area contributed by atoms with Gasteiger partial charge in [-0.2, -0.15) is 13.2 Å². The highest BCUT2D eigenvalue weighted by Gasteiger charge is 2.27. The molecular formula is C24H24F3N3O2S. The molecule has 0 atom stereocenters. The molecule has 1 fully saturated rings. The average molecular weight is 476 g/mol. The number of piperazine rings is 1. The lowest BCUT2D eigenvalue weighted by Gasteiger charge is -2.34. The summed E-state index contributed by atoms with van der Waals surface area (Å²) >= 11 is 1.63. The van der Waals surface area contributed by atoms with Crippen LogP contribution in [0.15, 0.2) is 60.0 Å². The molecule has 0 bridgehead atoms. The molecule has 0 aliphatic carbocycles. The molecule has 2 aromatic carbocycles. The summed E-state index contributed by atoms with van der Waals surface area (Å²) in [6, 6.07) is 16.6. The molecule has 3 aromatic rings. The summed E-state index contributed by atoms with van der Waals surface area (Å²) in [5.41, 5.74) is 3.26. The number of aromatic nitrogens is 1. The molecule has 5 nitrogen and oxygen atoms in total. The van der Waals surface area contributed by atoms with Gasteiger partial charge in [0.2, 0.25) is 0 Å². The molecule has 1 aliphatic heterocycles. The third-order valence-corrected chi connectivity index (χ3v) is 6.29. The Morgan fingerprint density at radius 2 is 1.70 bits per heavy atom. The number of alkyl halides is 3. The Kier molecular flexibility index (Phi) is 7.42. The van der Waals surface area contributed by atoms with E-state index in [0.717, 1.165) is 35.9 Å². The first-order valence-corrected chi connectivity index (χ1v) is 11.5. The molecular weight excluding hydrogens is 451 g/mol. The minimum Gasteiger partial charge on any atom is -0.367 e. The minimum atomic E-state index is -4.35. The van der Waals surface area contributed by atoms with Gasteiger partial charge in [-0.05, 0) is 17.7 Å². The van der Waals surface area contributed by atoms with Gasteiger partial charge >= 0.3 is 6.18 Å². The van der Waals surface area contributed by atoms with Gasteiger partial charge in [0.1, 0.15) is 11.6 Å². The predicted octanol–water partition coefficient (Wildman–Crippen LogP) is 4.85. The number of hydrogen-bond donors (Lipinski definition) is 0. The molecule has 0 radical (unpaired) electrons. The third-order valence-electron chi connectivity index (χ3n) is 5.35. The Morgan fingerprint density at radius 1 is 1.00 bits per heavy atom. The second-order valence-electron chi connectivity index (χ2n) is 7.88. The molecule has 2 heterocycles. The van der Waals surface area contributed by atoms with Gasteiger partial charge in [0.15, 0.2) is 0 Å². The molecule has 0 saturated carbocycles. The van der Waals surface area contributed by atoms with E-state index in [9.17, 15) is 18.0 Å². The number of thiazole rings is 1. The van der Waals surface area contributed by atoms with Crippen LogP contribution in [0.3, 0.4) is 0 Å². The Morgan fingerprint density at radius 3 is 2.36 bits per heavy atom. The fourth-order valence-corrected chi connectivity index (χ4v) is 4.46. The topological polar surface area (TPSA) is 45.7 Å². The van der Waals surface area contributed by atoms with E-state index < -0.39 is 12.8 Å². The van der Waals surface area contributed by atoms with E-state index in [1.807, 2.05) is 23.1 Å². The smallest absolute Gasteiger partial charge is 0.367 e. The van der Waals surface area contributed by atoms with E-state index in [-0.39, 0.29) is 12.5 Å². The molecule has 1 amide bonds. The zero-order valence-electron chi connectivity index (χ0n) is 17.9. The standard InChI is InChI=1S/C24H24F3N3O2S/c25-24(26,27)17-32-15-18-6-8-20(9-7-18)23(31)30-12-10-29(11-13-30)14-21-16-33-22(28-21)19-4-2-1-3-5-19/h1-9,16H,10-15,17H2. The van der Waals surface area contributed by atoms with Gasteiger partial charge in [0.05, 0.1) is 12.3 Å². The molecule has 1 aliphatic rings. The molecule has 1 aromatic heterocycles. The van der Waals surface area contributed by atoms with Crippen molar-refractivity contribution < 1.29 is 22.7 Å². The number of ether oxygens (including phenoxy) is 1. The molecule has 1 saturated heterocycles. The van der Waals surface area contributed by atoms with Crippen LogP contribution in [-0.4, -0.2) is 59.7 Å². The Bertz CT molecular complexity index is 1050. The van der Waals surface area contributed by atoms with Crippen LogP contribution in [0.4, 0.5) is 13.2 Å². The van der Waals surface area contributed by atoms with Crippen molar-refractivity contribution in [3.05, 3.63) is 76.8 Å². The quantitative estimate of drug-likeness (QED) is 0.490. The largest absolute Gasteiger partial charge is 0.411 e. The number of carbonyl (C=O) groups is 1. The molecule has 4 rings (SSSR count). The van der Waals surface area contributed by atoms with Crippen molar-refractivity contribution in [1.29, 1.82) is 0 Å². The normalized spacial score (nSPS) is 15.1. The Balaban J connectivity index is 1.25. The molecule has 0 spiro atoms. The lowest BCUT2D eigenvalue weighted by atomic mass is 10.1. The van der Waals surface area contributed by atoms with Crippen molar-refractivity contribution in [2.45, 2.75) is 19.3 Å². The van der Waals surface area contributed by atoms with Gasteiger partial charge in [-0.1, -0.05) is 42.5 Å². The van der Waals surface area contributed by atoms with Crippen molar-refractivity contribution >= 4 is 17.2 Å². The molecule has 9 heteroatoms. The summed E-state index contributed by atoms with van der Waals surface area (Å²) in [5, 5.41) is 3.09. The van der Waals surface area contributed by atoms with E-state index in [2.05, 4.69) is 27.1 Å². The second kappa shape index (κ2) is 10.5. The lowest BCUT2D eigenvalue weighted by Crippen LogP contribution is -2.48. The summed E-state index contributed by atoms with van der Waals surface area (Å²) in [6.45, 7) is 2.07. The molecule has 0 N–H and O–H groups in total. The summed E-state index contributed by atoms with van der Waals surface area (Å²) in [5.74, 6) is -0.0718.